The van der Waals surface area contributed by atoms with Crippen LogP contribution in [-0.2, 0) is 5.75 Å². The van der Waals surface area contributed by atoms with Crippen molar-refractivity contribution in [2.75, 3.05) is 12.4 Å². The largest absolute Gasteiger partial charge is 0.396 e. The van der Waals surface area contributed by atoms with E-state index in [2.05, 4.69) is 4.98 Å². The van der Waals surface area contributed by atoms with Gasteiger partial charge in [-0.25, -0.2) is 4.98 Å². The summed E-state index contributed by atoms with van der Waals surface area (Å²) in [6, 6.07) is 1.79. The normalized spacial score (nSPS) is 10.6. The third-order valence-corrected chi connectivity index (χ3v) is 3.24. The molecule has 0 spiro atoms. The van der Waals surface area contributed by atoms with E-state index in [-0.39, 0.29) is 6.61 Å². The maximum Gasteiger partial charge on any atom is 0.134 e. The van der Waals surface area contributed by atoms with Crippen LogP contribution in [0.5, 0.6) is 0 Å². The highest BCUT2D eigenvalue weighted by atomic mass is 35.5. The molecule has 0 saturated carbocycles. The van der Waals surface area contributed by atoms with Crippen LogP contribution in [0.15, 0.2) is 6.07 Å². The fraction of sp³-hybridized carbons (Fsp3) is 0.444. The van der Waals surface area contributed by atoms with Crippen LogP contribution in [0.2, 0.25) is 10.2 Å². The molecule has 2 nitrogen and oxygen atoms in total. The molecule has 1 rings (SSSR count). The van der Waals surface area contributed by atoms with Gasteiger partial charge in [0.05, 0.1) is 6.61 Å². The van der Waals surface area contributed by atoms with Crippen molar-refractivity contribution >= 4 is 35.0 Å². The van der Waals surface area contributed by atoms with Crippen LogP contribution in [0.4, 0.5) is 0 Å². The second kappa shape index (κ2) is 5.81. The van der Waals surface area contributed by atoms with Crippen molar-refractivity contribution in [3.05, 3.63) is 27.5 Å². The van der Waals surface area contributed by atoms with Gasteiger partial charge >= 0.3 is 0 Å². The first-order valence-electron chi connectivity index (χ1n) is 4.15. The third-order valence-electron chi connectivity index (χ3n) is 1.63. The zero-order valence-electron chi connectivity index (χ0n) is 7.76. The van der Waals surface area contributed by atoms with E-state index in [4.69, 9.17) is 28.3 Å². The summed E-state index contributed by atoms with van der Waals surface area (Å²) in [5, 5.41) is 9.73. The molecule has 0 bridgehead atoms. The highest BCUT2D eigenvalue weighted by molar-refractivity contribution is 7.98. The summed E-state index contributed by atoms with van der Waals surface area (Å²) in [6.07, 6.45) is 0. The van der Waals surface area contributed by atoms with E-state index in [9.17, 15) is 0 Å². The monoisotopic (exact) mass is 251 g/mol. The summed E-state index contributed by atoms with van der Waals surface area (Å²) in [5.74, 6) is 1.37. The Kier molecular flexibility index (Phi) is 5.02. The van der Waals surface area contributed by atoms with Crippen LogP contribution < -0.4 is 0 Å². The molecule has 14 heavy (non-hydrogen) atoms. The van der Waals surface area contributed by atoms with Gasteiger partial charge in [0.1, 0.15) is 5.15 Å². The lowest BCUT2D eigenvalue weighted by Gasteiger charge is -2.06. The van der Waals surface area contributed by atoms with Crippen LogP contribution in [-0.4, -0.2) is 22.5 Å². The number of aryl methyl sites for hydroxylation is 1. The van der Waals surface area contributed by atoms with Gasteiger partial charge < -0.3 is 5.11 Å². The maximum atomic E-state index is 8.62. The number of rotatable bonds is 4. The standard InChI is InChI=1S/C9H11Cl2NOS/c1-6-4-8(10)7(9(11)12-6)5-14-3-2-13/h4,13H,2-3,5H2,1H3. The Morgan fingerprint density at radius 3 is 2.79 bits per heavy atom. The van der Waals surface area contributed by atoms with E-state index in [1.807, 2.05) is 6.92 Å². The molecule has 78 valence electrons. The van der Waals surface area contributed by atoms with Crippen molar-refractivity contribution in [1.29, 1.82) is 0 Å². The second-order valence-corrected chi connectivity index (χ2v) is 4.66. The Morgan fingerprint density at radius 1 is 1.50 bits per heavy atom. The van der Waals surface area contributed by atoms with Crippen LogP contribution in [0.3, 0.4) is 0 Å². The first kappa shape index (κ1) is 12.1. The average molecular weight is 252 g/mol. The Morgan fingerprint density at radius 2 is 2.21 bits per heavy atom. The molecule has 0 atom stereocenters. The predicted molar refractivity (Wildman–Crippen MR) is 62.2 cm³/mol. The summed E-state index contributed by atoms with van der Waals surface area (Å²) in [6.45, 7) is 2.02. The second-order valence-electron chi connectivity index (χ2n) is 2.79. The quantitative estimate of drug-likeness (QED) is 0.660. The molecule has 1 heterocycles. The van der Waals surface area contributed by atoms with Crippen molar-refractivity contribution in [3.63, 3.8) is 0 Å². The van der Waals surface area contributed by atoms with E-state index in [1.165, 1.54) is 0 Å². The van der Waals surface area contributed by atoms with Gasteiger partial charge in [-0.05, 0) is 13.0 Å². The molecule has 0 aliphatic rings. The van der Waals surface area contributed by atoms with Crippen molar-refractivity contribution in [2.24, 2.45) is 0 Å². The molecule has 5 heteroatoms. The molecule has 0 amide bonds. The summed E-state index contributed by atoms with van der Waals surface area (Å²) in [4.78, 5) is 4.12. The SMILES string of the molecule is Cc1cc(Cl)c(CSCCO)c(Cl)n1. The van der Waals surface area contributed by atoms with Crippen molar-refractivity contribution in [1.82, 2.24) is 4.98 Å². The van der Waals surface area contributed by atoms with E-state index >= 15 is 0 Å². The van der Waals surface area contributed by atoms with Gasteiger partial charge in [0.25, 0.3) is 0 Å². The van der Waals surface area contributed by atoms with Gasteiger partial charge in [0.15, 0.2) is 0 Å². The van der Waals surface area contributed by atoms with Gasteiger partial charge in [0.2, 0.25) is 0 Å². The number of halogens is 2. The lowest BCUT2D eigenvalue weighted by molar-refractivity contribution is 0.322. The average Bonchev–Trinajstić information content (AvgIpc) is 2.09. The zero-order chi connectivity index (χ0) is 10.6. The lowest BCUT2D eigenvalue weighted by atomic mass is 10.3. The number of aromatic nitrogens is 1. The number of thioether (sulfide) groups is 1. The molecule has 0 radical (unpaired) electrons. The van der Waals surface area contributed by atoms with Gasteiger partial charge in [-0.1, -0.05) is 23.2 Å². The highest BCUT2D eigenvalue weighted by Crippen LogP contribution is 2.27. The van der Waals surface area contributed by atoms with Crippen LogP contribution in [0.25, 0.3) is 0 Å². The zero-order valence-corrected chi connectivity index (χ0v) is 10.1. The number of aliphatic hydroxyl groups excluding tert-OH is 1. The first-order valence-corrected chi connectivity index (χ1v) is 6.06. The Bertz CT molecular complexity index is 297. The predicted octanol–water partition coefficient (Wildman–Crippen LogP) is 2.92. The van der Waals surface area contributed by atoms with Crippen LogP contribution in [0.1, 0.15) is 11.3 Å². The van der Waals surface area contributed by atoms with E-state index in [1.54, 1.807) is 17.8 Å². The summed E-state index contributed by atoms with van der Waals surface area (Å²) in [5.41, 5.74) is 1.66. The minimum Gasteiger partial charge on any atom is -0.396 e. The maximum absolute atomic E-state index is 8.62. The van der Waals surface area contributed by atoms with Gasteiger partial charge in [-0.3, -0.25) is 0 Å². The smallest absolute Gasteiger partial charge is 0.134 e. The molecule has 0 unspecified atom stereocenters. The molecular formula is C9H11Cl2NOS. The molecule has 1 aromatic rings. The minimum absolute atomic E-state index is 0.166. The topological polar surface area (TPSA) is 33.1 Å². The fourth-order valence-electron chi connectivity index (χ4n) is 0.991. The number of hydrogen-bond donors (Lipinski definition) is 1. The van der Waals surface area contributed by atoms with Crippen LogP contribution >= 0.6 is 35.0 Å². The van der Waals surface area contributed by atoms with Gasteiger partial charge in [-0.2, -0.15) is 11.8 Å². The van der Waals surface area contributed by atoms with Gasteiger partial charge in [0, 0.05) is 27.8 Å². The third kappa shape index (κ3) is 3.31. The van der Waals surface area contributed by atoms with Crippen molar-refractivity contribution in [3.8, 4) is 0 Å². The number of aliphatic hydroxyl groups is 1. The highest BCUT2D eigenvalue weighted by Gasteiger charge is 2.07. The minimum atomic E-state index is 0.166. The summed E-state index contributed by atoms with van der Waals surface area (Å²) < 4.78 is 0. The first-order chi connectivity index (χ1) is 6.65. The Labute approximate surface area is 97.6 Å². The van der Waals surface area contributed by atoms with E-state index in [0.29, 0.717) is 21.7 Å². The van der Waals surface area contributed by atoms with Crippen molar-refractivity contribution < 1.29 is 5.11 Å². The Hall–Kier alpha value is 0.0400. The Balaban J connectivity index is 2.75. The molecule has 0 fully saturated rings. The van der Waals surface area contributed by atoms with Gasteiger partial charge in [-0.15, -0.1) is 0 Å². The summed E-state index contributed by atoms with van der Waals surface area (Å²) in [7, 11) is 0. The molecule has 0 aliphatic heterocycles. The van der Waals surface area contributed by atoms with Crippen LogP contribution in [0, 0.1) is 6.92 Å². The molecule has 1 N–H and O–H groups in total. The molecule has 0 aliphatic carbocycles. The van der Waals surface area contributed by atoms with E-state index in [0.717, 1.165) is 11.3 Å². The van der Waals surface area contributed by atoms with Crippen molar-refractivity contribution in [2.45, 2.75) is 12.7 Å². The number of hydrogen-bond acceptors (Lipinski definition) is 3. The summed E-state index contributed by atoms with van der Waals surface area (Å²) >= 11 is 13.5. The molecular weight excluding hydrogens is 241 g/mol. The fourth-order valence-corrected chi connectivity index (χ4v) is 2.58. The molecule has 0 saturated heterocycles. The van der Waals surface area contributed by atoms with E-state index < -0.39 is 0 Å². The number of pyridine rings is 1. The molecule has 0 aromatic carbocycles. The lowest BCUT2D eigenvalue weighted by Crippen LogP contribution is -1.93. The molecule has 1 aromatic heterocycles. The number of nitrogens with zero attached hydrogens (tertiary/aromatic N) is 1.